The van der Waals surface area contributed by atoms with Crippen molar-refractivity contribution in [3.63, 3.8) is 0 Å². The van der Waals surface area contributed by atoms with Crippen LogP contribution in [0.15, 0.2) is 66.7 Å². The lowest BCUT2D eigenvalue weighted by Gasteiger charge is -2.28. The molecule has 1 N–H and O–H groups in total. The molecule has 1 heterocycles. The summed E-state index contributed by atoms with van der Waals surface area (Å²) in [6.07, 6.45) is -4.81. The van der Waals surface area contributed by atoms with E-state index in [1.54, 1.807) is 30.3 Å². The Morgan fingerprint density at radius 1 is 0.947 bits per heavy atom. The Morgan fingerprint density at radius 2 is 1.58 bits per heavy atom. The van der Waals surface area contributed by atoms with Gasteiger partial charge < -0.3 is 19.7 Å². The van der Waals surface area contributed by atoms with E-state index in [0.29, 0.717) is 17.8 Å². The molecule has 1 aliphatic rings. The van der Waals surface area contributed by atoms with Gasteiger partial charge in [0, 0.05) is 23.4 Å². The fourth-order valence-electron chi connectivity index (χ4n) is 4.36. The molecule has 2 amide bonds. The van der Waals surface area contributed by atoms with Gasteiger partial charge in [0.05, 0.1) is 7.11 Å². The first-order chi connectivity index (χ1) is 18.0. The predicted octanol–water partition coefficient (Wildman–Crippen LogP) is 5.66. The number of nitrogens with zero attached hydrogens (tertiary/aromatic N) is 1. The lowest BCUT2D eigenvalue weighted by molar-refractivity contribution is -0.274. The summed E-state index contributed by atoms with van der Waals surface area (Å²) in [5.41, 5.74) is 3.58. The maximum atomic E-state index is 13.2. The number of esters is 1. The number of halogens is 3. The van der Waals surface area contributed by atoms with Gasteiger partial charge in [-0.2, -0.15) is 0 Å². The summed E-state index contributed by atoms with van der Waals surface area (Å²) in [5, 5.41) is 2.69. The molecule has 3 aromatic rings. The van der Waals surface area contributed by atoms with Crippen LogP contribution < -0.4 is 10.1 Å². The van der Waals surface area contributed by atoms with E-state index in [0.717, 1.165) is 28.8 Å². The number of anilines is 1. The second-order valence-corrected chi connectivity index (χ2v) is 9.12. The molecule has 198 valence electrons. The second kappa shape index (κ2) is 10.6. The van der Waals surface area contributed by atoms with Crippen LogP contribution in [0.1, 0.15) is 40.1 Å². The van der Waals surface area contributed by atoms with Crippen molar-refractivity contribution in [3.8, 4) is 16.9 Å². The van der Waals surface area contributed by atoms with Crippen molar-refractivity contribution in [1.82, 2.24) is 4.90 Å². The third-order valence-corrected chi connectivity index (χ3v) is 6.18. The average molecular weight is 527 g/mol. The van der Waals surface area contributed by atoms with Crippen LogP contribution in [-0.2, 0) is 16.1 Å². The first-order valence-electron chi connectivity index (χ1n) is 11.8. The third-order valence-electron chi connectivity index (χ3n) is 6.18. The summed E-state index contributed by atoms with van der Waals surface area (Å²) in [5.74, 6) is -1.72. The molecule has 4 rings (SSSR count). The van der Waals surface area contributed by atoms with Gasteiger partial charge in [0.2, 0.25) is 0 Å². The summed E-state index contributed by atoms with van der Waals surface area (Å²) in [7, 11) is 1.30. The fraction of sp³-hybridized carbons (Fsp3) is 0.250. The van der Waals surface area contributed by atoms with E-state index in [2.05, 4.69) is 10.1 Å². The van der Waals surface area contributed by atoms with Crippen molar-refractivity contribution in [2.24, 2.45) is 5.92 Å². The van der Waals surface area contributed by atoms with Crippen molar-refractivity contribution in [2.45, 2.75) is 32.8 Å². The molecule has 0 bridgehead atoms. The molecule has 0 radical (unpaired) electrons. The summed E-state index contributed by atoms with van der Waals surface area (Å²) >= 11 is 0. The second-order valence-electron chi connectivity index (χ2n) is 9.12. The first-order valence-corrected chi connectivity index (χ1v) is 11.8. The largest absolute Gasteiger partial charge is 0.573 e. The number of benzene rings is 3. The van der Waals surface area contributed by atoms with Gasteiger partial charge in [-0.3, -0.25) is 9.59 Å². The number of hydrogen-bond acceptors (Lipinski definition) is 5. The SMILES string of the molecule is COC(=O)C(C(C)C)N1Cc2ccc(-c3ccc(NC(=O)c4ccc(OC(F)(F)F)cc4)cc3)cc2C1=O. The Labute approximate surface area is 217 Å². The summed E-state index contributed by atoms with van der Waals surface area (Å²) < 4.78 is 45.7. The number of nitrogens with one attached hydrogen (secondary N) is 1. The Hall–Kier alpha value is -4.34. The normalized spacial score (nSPS) is 13.8. The van der Waals surface area contributed by atoms with E-state index < -0.39 is 30.0 Å². The Kier molecular flexibility index (Phi) is 7.43. The van der Waals surface area contributed by atoms with E-state index in [4.69, 9.17) is 4.74 Å². The predicted molar refractivity (Wildman–Crippen MR) is 133 cm³/mol. The highest BCUT2D eigenvalue weighted by molar-refractivity contribution is 6.04. The van der Waals surface area contributed by atoms with Gasteiger partial charge in [-0.05, 0) is 65.1 Å². The van der Waals surface area contributed by atoms with Crippen molar-refractivity contribution >= 4 is 23.5 Å². The minimum absolute atomic E-state index is 0.117. The summed E-state index contributed by atoms with van der Waals surface area (Å²) in [6.45, 7) is 4.04. The van der Waals surface area contributed by atoms with Crippen LogP contribution in [0.4, 0.5) is 18.9 Å². The van der Waals surface area contributed by atoms with Gasteiger partial charge in [-0.1, -0.05) is 38.1 Å². The van der Waals surface area contributed by atoms with Crippen LogP contribution in [0.2, 0.25) is 0 Å². The summed E-state index contributed by atoms with van der Waals surface area (Å²) in [4.78, 5) is 39.5. The first kappa shape index (κ1) is 26.7. The lowest BCUT2D eigenvalue weighted by atomic mass is 10.00. The van der Waals surface area contributed by atoms with E-state index in [1.165, 1.54) is 24.1 Å². The summed E-state index contributed by atoms with van der Waals surface area (Å²) in [6, 6.07) is 16.4. The topological polar surface area (TPSA) is 84.9 Å². The number of hydrogen-bond donors (Lipinski definition) is 1. The van der Waals surface area contributed by atoms with Crippen LogP contribution in [0.5, 0.6) is 5.75 Å². The number of carbonyl (C=O) groups excluding carboxylic acids is 3. The molecule has 0 aromatic heterocycles. The minimum atomic E-state index is -4.81. The monoisotopic (exact) mass is 526 g/mol. The molecule has 0 aliphatic carbocycles. The average Bonchev–Trinajstić information content (AvgIpc) is 3.19. The van der Waals surface area contributed by atoms with Crippen LogP contribution in [-0.4, -0.2) is 42.2 Å². The van der Waals surface area contributed by atoms with Crippen LogP contribution in [0.3, 0.4) is 0 Å². The minimum Gasteiger partial charge on any atom is -0.467 e. The molecule has 1 aliphatic heterocycles. The number of ether oxygens (including phenoxy) is 2. The Balaban J connectivity index is 1.46. The van der Waals surface area contributed by atoms with Crippen molar-refractivity contribution in [1.29, 1.82) is 0 Å². The molecule has 7 nitrogen and oxygen atoms in total. The van der Waals surface area contributed by atoms with Gasteiger partial charge >= 0.3 is 12.3 Å². The number of methoxy groups -OCH3 is 1. The number of carbonyl (C=O) groups is 3. The molecule has 0 fully saturated rings. The van der Waals surface area contributed by atoms with Gasteiger partial charge in [-0.25, -0.2) is 4.79 Å². The molecule has 0 spiro atoms. The quantitative estimate of drug-likeness (QED) is 0.402. The van der Waals surface area contributed by atoms with Gasteiger partial charge in [-0.15, -0.1) is 13.2 Å². The van der Waals surface area contributed by atoms with Crippen molar-refractivity contribution < 1.29 is 37.0 Å². The van der Waals surface area contributed by atoms with E-state index in [9.17, 15) is 27.6 Å². The molecular formula is C28H25F3N2O5. The van der Waals surface area contributed by atoms with E-state index >= 15 is 0 Å². The van der Waals surface area contributed by atoms with Crippen LogP contribution in [0, 0.1) is 5.92 Å². The van der Waals surface area contributed by atoms with Gasteiger partial charge in [0.1, 0.15) is 11.8 Å². The Morgan fingerprint density at radius 3 is 2.16 bits per heavy atom. The molecular weight excluding hydrogens is 501 g/mol. The number of alkyl halides is 3. The van der Waals surface area contributed by atoms with Gasteiger partial charge in [0.15, 0.2) is 0 Å². The highest BCUT2D eigenvalue weighted by Gasteiger charge is 2.38. The molecule has 10 heteroatoms. The highest BCUT2D eigenvalue weighted by Crippen LogP contribution is 2.32. The zero-order valence-corrected chi connectivity index (χ0v) is 20.8. The van der Waals surface area contributed by atoms with Gasteiger partial charge in [0.25, 0.3) is 11.8 Å². The van der Waals surface area contributed by atoms with Crippen LogP contribution >= 0.6 is 0 Å². The highest BCUT2D eigenvalue weighted by atomic mass is 19.4. The third kappa shape index (κ3) is 5.80. The molecule has 1 atom stereocenters. The van der Waals surface area contributed by atoms with E-state index in [-0.39, 0.29) is 17.4 Å². The molecule has 0 saturated heterocycles. The lowest BCUT2D eigenvalue weighted by Crippen LogP contribution is -2.45. The maximum absolute atomic E-state index is 13.2. The van der Waals surface area contributed by atoms with Crippen molar-refractivity contribution in [3.05, 3.63) is 83.4 Å². The zero-order chi connectivity index (χ0) is 27.6. The number of fused-ring (bicyclic) bond motifs is 1. The molecule has 1 unspecified atom stereocenters. The molecule has 38 heavy (non-hydrogen) atoms. The standard InChI is InChI=1S/C28H25F3N2O5/c1-16(2)24(27(36)37-3)33-15-20-5-4-19(14-23(20)26(33)35)17-6-10-21(11-7-17)32-25(34)18-8-12-22(13-9-18)38-28(29,30)31/h4-14,16,24H,15H2,1-3H3,(H,32,34). The maximum Gasteiger partial charge on any atom is 0.573 e. The number of rotatable bonds is 7. The number of amides is 2. The van der Waals surface area contributed by atoms with Crippen molar-refractivity contribution in [2.75, 3.05) is 12.4 Å². The van der Waals surface area contributed by atoms with Crippen LogP contribution in [0.25, 0.3) is 11.1 Å². The zero-order valence-electron chi connectivity index (χ0n) is 20.8. The Bertz CT molecular complexity index is 1350. The fourth-order valence-corrected chi connectivity index (χ4v) is 4.36. The molecule has 3 aromatic carbocycles. The smallest absolute Gasteiger partial charge is 0.467 e. The molecule has 0 saturated carbocycles. The van der Waals surface area contributed by atoms with E-state index in [1.807, 2.05) is 26.0 Å².